The third-order valence-corrected chi connectivity index (χ3v) is 1.48. The van der Waals surface area contributed by atoms with E-state index in [9.17, 15) is 4.79 Å². The largest absolute Gasteiger partial charge is 0.369 e. The molecule has 7 nitrogen and oxygen atoms in total. The first kappa shape index (κ1) is 6.77. The molecule has 0 saturated carbocycles. The maximum atomic E-state index is 11.1. The summed E-state index contributed by atoms with van der Waals surface area (Å²) >= 11 is 0. The van der Waals surface area contributed by atoms with E-state index in [0.717, 1.165) is 0 Å². The summed E-state index contributed by atoms with van der Waals surface area (Å²) in [6, 6.07) is 0. The van der Waals surface area contributed by atoms with Gasteiger partial charge in [0.25, 0.3) is 5.56 Å². The minimum absolute atomic E-state index is 0.0675. The van der Waals surface area contributed by atoms with Gasteiger partial charge in [0.15, 0.2) is 11.2 Å². The number of nitrogens with zero attached hydrogens (tertiary/aromatic N) is 4. The molecule has 0 aromatic carbocycles. The maximum absolute atomic E-state index is 11.1. The fourth-order valence-electron chi connectivity index (χ4n) is 0.942. The van der Waals surface area contributed by atoms with Crippen LogP contribution in [-0.2, 0) is 7.05 Å². The van der Waals surface area contributed by atoms with Gasteiger partial charge in [-0.25, -0.2) is 4.68 Å². The second kappa shape index (κ2) is 2.03. The van der Waals surface area contributed by atoms with E-state index in [0.29, 0.717) is 5.65 Å². The normalized spacial score (nSPS) is 10.8. The molecule has 2 aromatic rings. The van der Waals surface area contributed by atoms with Gasteiger partial charge in [0.05, 0.1) is 0 Å². The molecule has 0 radical (unpaired) electrons. The summed E-state index contributed by atoms with van der Waals surface area (Å²) < 4.78 is 1.39. The fraction of sp³-hybridized carbons (Fsp3) is 0.200. The minimum Gasteiger partial charge on any atom is -0.369 e. The Balaban J connectivity index is 3.03. The first-order valence-electron chi connectivity index (χ1n) is 3.23. The Bertz CT molecular complexity index is 482. The number of aromatic amines is 1. The number of rotatable bonds is 0. The second-order valence-electron chi connectivity index (χ2n) is 2.34. The second-order valence-corrected chi connectivity index (χ2v) is 2.34. The summed E-state index contributed by atoms with van der Waals surface area (Å²) in [6.07, 6.45) is 0. The molecule has 3 N–H and O–H groups in total. The predicted molar refractivity (Wildman–Crippen MR) is 41.3 cm³/mol. The third kappa shape index (κ3) is 0.760. The van der Waals surface area contributed by atoms with Crippen molar-refractivity contribution < 1.29 is 0 Å². The van der Waals surface area contributed by atoms with Crippen molar-refractivity contribution in [1.82, 2.24) is 25.0 Å². The molecule has 2 aromatic heterocycles. The van der Waals surface area contributed by atoms with Crippen LogP contribution in [-0.4, -0.2) is 25.0 Å². The van der Waals surface area contributed by atoms with Crippen LogP contribution in [0.4, 0.5) is 5.95 Å². The highest BCUT2D eigenvalue weighted by molar-refractivity contribution is 5.68. The van der Waals surface area contributed by atoms with E-state index in [1.54, 1.807) is 7.05 Å². The van der Waals surface area contributed by atoms with Crippen molar-refractivity contribution in [2.24, 2.45) is 7.05 Å². The van der Waals surface area contributed by atoms with Crippen LogP contribution in [0.3, 0.4) is 0 Å². The molecular formula is C5H6N6O. The van der Waals surface area contributed by atoms with Crippen molar-refractivity contribution in [3.8, 4) is 0 Å². The van der Waals surface area contributed by atoms with E-state index < -0.39 is 0 Å². The summed E-state index contributed by atoms with van der Waals surface area (Å²) in [4.78, 5) is 17.3. The predicted octanol–water partition coefficient (Wildman–Crippen LogP) is -1.37. The van der Waals surface area contributed by atoms with E-state index in [1.165, 1.54) is 4.68 Å². The van der Waals surface area contributed by atoms with Crippen molar-refractivity contribution in [1.29, 1.82) is 0 Å². The molecule has 62 valence electrons. The third-order valence-electron chi connectivity index (χ3n) is 1.48. The topological polar surface area (TPSA) is 102 Å². The molecule has 0 atom stereocenters. The molecule has 0 aliphatic heterocycles. The lowest BCUT2D eigenvalue weighted by Gasteiger charge is -1.91. The lowest BCUT2D eigenvalue weighted by Crippen LogP contribution is -2.11. The van der Waals surface area contributed by atoms with E-state index in [-0.39, 0.29) is 17.0 Å². The minimum atomic E-state index is -0.370. The van der Waals surface area contributed by atoms with Gasteiger partial charge in [-0.15, -0.1) is 5.10 Å². The van der Waals surface area contributed by atoms with Crippen LogP contribution in [0, 0.1) is 0 Å². The zero-order valence-corrected chi connectivity index (χ0v) is 6.27. The summed E-state index contributed by atoms with van der Waals surface area (Å²) in [5.41, 5.74) is 5.53. The van der Waals surface area contributed by atoms with Gasteiger partial charge in [0, 0.05) is 7.05 Å². The van der Waals surface area contributed by atoms with Gasteiger partial charge in [0.2, 0.25) is 5.95 Å². The Morgan fingerprint density at radius 2 is 2.33 bits per heavy atom. The van der Waals surface area contributed by atoms with E-state index in [1.807, 2.05) is 0 Å². The molecule has 2 rings (SSSR count). The van der Waals surface area contributed by atoms with Crippen LogP contribution in [0.1, 0.15) is 0 Å². The van der Waals surface area contributed by atoms with Gasteiger partial charge in [-0.1, -0.05) is 5.21 Å². The SMILES string of the molecule is Cn1nnc2c(=O)[nH]c(N)nc21. The first-order chi connectivity index (χ1) is 5.68. The molecule has 0 amide bonds. The van der Waals surface area contributed by atoms with Gasteiger partial charge in [0.1, 0.15) is 0 Å². The average Bonchev–Trinajstić information content (AvgIpc) is 2.33. The van der Waals surface area contributed by atoms with Gasteiger partial charge < -0.3 is 5.73 Å². The smallest absolute Gasteiger partial charge is 0.282 e. The van der Waals surface area contributed by atoms with Crippen LogP contribution >= 0.6 is 0 Å². The Morgan fingerprint density at radius 3 is 3.08 bits per heavy atom. The van der Waals surface area contributed by atoms with Crippen molar-refractivity contribution >= 4 is 17.1 Å². The zero-order chi connectivity index (χ0) is 8.72. The highest BCUT2D eigenvalue weighted by atomic mass is 16.1. The van der Waals surface area contributed by atoms with Crippen LogP contribution in [0.2, 0.25) is 0 Å². The highest BCUT2D eigenvalue weighted by Crippen LogP contribution is 2.00. The lowest BCUT2D eigenvalue weighted by atomic mass is 10.5. The molecular weight excluding hydrogens is 160 g/mol. The summed E-state index contributed by atoms with van der Waals surface area (Å²) in [5.74, 6) is 0.0675. The molecule has 0 saturated heterocycles. The summed E-state index contributed by atoms with van der Waals surface area (Å²) in [7, 11) is 1.64. The Hall–Kier alpha value is -1.92. The van der Waals surface area contributed by atoms with Gasteiger partial charge in [-0.3, -0.25) is 9.78 Å². The number of hydrogen-bond acceptors (Lipinski definition) is 5. The van der Waals surface area contributed by atoms with E-state index >= 15 is 0 Å². The van der Waals surface area contributed by atoms with E-state index in [2.05, 4.69) is 20.3 Å². The molecule has 2 heterocycles. The van der Waals surface area contributed by atoms with Crippen LogP contribution in [0.5, 0.6) is 0 Å². The van der Waals surface area contributed by atoms with Crippen molar-refractivity contribution in [3.63, 3.8) is 0 Å². The molecule has 12 heavy (non-hydrogen) atoms. The number of anilines is 1. The molecule has 0 aliphatic carbocycles. The van der Waals surface area contributed by atoms with Crippen molar-refractivity contribution in [2.45, 2.75) is 0 Å². The molecule has 0 unspecified atom stereocenters. The number of nitrogens with one attached hydrogen (secondary N) is 1. The lowest BCUT2D eigenvalue weighted by molar-refractivity contribution is 0.730. The van der Waals surface area contributed by atoms with Crippen LogP contribution in [0.15, 0.2) is 4.79 Å². The average molecular weight is 166 g/mol. The fourth-order valence-corrected chi connectivity index (χ4v) is 0.942. The van der Waals surface area contributed by atoms with Gasteiger partial charge in [-0.05, 0) is 0 Å². The Labute approximate surface area is 66.2 Å². The molecule has 0 fully saturated rings. The van der Waals surface area contributed by atoms with Crippen LogP contribution < -0.4 is 11.3 Å². The highest BCUT2D eigenvalue weighted by Gasteiger charge is 2.06. The number of H-pyrrole nitrogens is 1. The molecule has 0 bridgehead atoms. The van der Waals surface area contributed by atoms with Gasteiger partial charge >= 0.3 is 0 Å². The monoisotopic (exact) mass is 166 g/mol. The van der Waals surface area contributed by atoms with E-state index in [4.69, 9.17) is 5.73 Å². The Kier molecular flexibility index (Phi) is 1.15. The number of hydrogen-bond donors (Lipinski definition) is 2. The standard InChI is InChI=1S/C5H6N6O/c1-11-3-2(9-10-11)4(12)8-5(6)7-3/h1H3,(H3,6,7,8,12). The molecule has 0 spiro atoms. The zero-order valence-electron chi connectivity index (χ0n) is 6.27. The number of aryl methyl sites for hydroxylation is 1. The first-order valence-corrected chi connectivity index (χ1v) is 3.23. The maximum Gasteiger partial charge on any atom is 0.282 e. The molecule has 7 heteroatoms. The van der Waals surface area contributed by atoms with Crippen LogP contribution in [0.25, 0.3) is 11.2 Å². The number of fused-ring (bicyclic) bond motifs is 1. The number of aromatic nitrogens is 5. The molecule has 0 aliphatic rings. The number of nitrogens with two attached hydrogens (primary N) is 1. The quantitative estimate of drug-likeness (QED) is 0.502. The number of nitrogen functional groups attached to an aromatic ring is 1. The summed E-state index contributed by atoms with van der Waals surface area (Å²) in [5, 5.41) is 7.24. The summed E-state index contributed by atoms with van der Waals surface area (Å²) in [6.45, 7) is 0. The van der Waals surface area contributed by atoms with Gasteiger partial charge in [-0.2, -0.15) is 4.98 Å². The van der Waals surface area contributed by atoms with Crippen molar-refractivity contribution in [3.05, 3.63) is 10.4 Å². The Morgan fingerprint density at radius 1 is 1.58 bits per heavy atom. The van der Waals surface area contributed by atoms with Crippen molar-refractivity contribution in [2.75, 3.05) is 5.73 Å².